The standard InChI is InChI=1S/C13H15F2N3O2S/c14-13(15)21-11-9(2-1-5-17-11)12(20)18-6-3-8(4-7-18)10(16)19/h1-2,5,8,13H,3-4,6-7H2,(H2,16,19). The lowest BCUT2D eigenvalue weighted by atomic mass is 9.96. The number of thioether (sulfide) groups is 1. The van der Waals surface area contributed by atoms with Gasteiger partial charge in [0, 0.05) is 25.2 Å². The number of alkyl halides is 2. The molecule has 1 aliphatic rings. The van der Waals surface area contributed by atoms with Crippen molar-refractivity contribution in [1.29, 1.82) is 0 Å². The van der Waals surface area contributed by atoms with E-state index in [0.29, 0.717) is 25.9 Å². The number of hydrogen-bond acceptors (Lipinski definition) is 4. The number of nitrogens with zero attached hydrogens (tertiary/aromatic N) is 2. The summed E-state index contributed by atoms with van der Waals surface area (Å²) in [7, 11) is 0. The maximum atomic E-state index is 12.5. The number of primary amides is 1. The van der Waals surface area contributed by atoms with Gasteiger partial charge in [-0.3, -0.25) is 9.59 Å². The molecule has 0 spiro atoms. The average Bonchev–Trinajstić information content (AvgIpc) is 2.46. The number of piperidine rings is 1. The second-order valence-electron chi connectivity index (χ2n) is 4.70. The minimum Gasteiger partial charge on any atom is -0.369 e. The van der Waals surface area contributed by atoms with Gasteiger partial charge in [0.2, 0.25) is 5.91 Å². The summed E-state index contributed by atoms with van der Waals surface area (Å²) < 4.78 is 25.0. The number of pyridine rings is 1. The molecule has 2 N–H and O–H groups in total. The van der Waals surface area contributed by atoms with E-state index in [-0.39, 0.29) is 40.1 Å². The van der Waals surface area contributed by atoms with Crippen LogP contribution in [0.5, 0.6) is 0 Å². The molecule has 21 heavy (non-hydrogen) atoms. The van der Waals surface area contributed by atoms with E-state index in [9.17, 15) is 18.4 Å². The summed E-state index contributed by atoms with van der Waals surface area (Å²) in [4.78, 5) is 28.9. The predicted molar refractivity (Wildman–Crippen MR) is 73.9 cm³/mol. The SMILES string of the molecule is NC(=O)C1CCN(C(=O)c2cccnc2SC(F)F)CC1. The lowest BCUT2D eigenvalue weighted by Gasteiger charge is -2.30. The smallest absolute Gasteiger partial charge is 0.290 e. The van der Waals surface area contributed by atoms with E-state index in [2.05, 4.69) is 4.98 Å². The van der Waals surface area contributed by atoms with Gasteiger partial charge in [0.15, 0.2) is 0 Å². The highest BCUT2D eigenvalue weighted by atomic mass is 32.2. The van der Waals surface area contributed by atoms with Gasteiger partial charge < -0.3 is 10.6 Å². The van der Waals surface area contributed by atoms with E-state index >= 15 is 0 Å². The summed E-state index contributed by atoms with van der Waals surface area (Å²) in [6.45, 7) is 0.778. The minimum absolute atomic E-state index is 0.0227. The molecule has 0 atom stereocenters. The number of rotatable bonds is 4. The summed E-state index contributed by atoms with van der Waals surface area (Å²) in [6.07, 6.45) is 2.37. The summed E-state index contributed by atoms with van der Waals surface area (Å²) in [5.41, 5.74) is 5.41. The quantitative estimate of drug-likeness (QED) is 0.859. The Morgan fingerprint density at radius 1 is 1.38 bits per heavy atom. The predicted octanol–water partition coefficient (Wildman–Crippen LogP) is 1.73. The zero-order valence-corrected chi connectivity index (χ0v) is 12.0. The van der Waals surface area contributed by atoms with Crippen LogP contribution < -0.4 is 5.73 Å². The van der Waals surface area contributed by atoms with Crippen molar-refractivity contribution in [2.24, 2.45) is 11.7 Å². The molecule has 8 heteroatoms. The number of nitrogens with two attached hydrogens (primary N) is 1. The van der Waals surface area contributed by atoms with Crippen LogP contribution in [0, 0.1) is 5.92 Å². The van der Waals surface area contributed by atoms with Crippen molar-refractivity contribution in [1.82, 2.24) is 9.88 Å². The zero-order chi connectivity index (χ0) is 15.4. The first-order valence-electron chi connectivity index (χ1n) is 6.47. The molecule has 1 aromatic heterocycles. The molecular formula is C13H15F2N3O2S. The molecule has 2 heterocycles. The van der Waals surface area contributed by atoms with Gasteiger partial charge in [-0.15, -0.1) is 0 Å². The number of carbonyl (C=O) groups excluding carboxylic acids is 2. The maximum absolute atomic E-state index is 12.5. The average molecular weight is 315 g/mol. The van der Waals surface area contributed by atoms with Crippen LogP contribution in [-0.4, -0.2) is 40.5 Å². The van der Waals surface area contributed by atoms with Crippen LogP contribution in [0.2, 0.25) is 0 Å². The Hall–Kier alpha value is -1.70. The highest BCUT2D eigenvalue weighted by Crippen LogP contribution is 2.28. The molecule has 1 saturated heterocycles. The summed E-state index contributed by atoms with van der Waals surface area (Å²) in [5.74, 6) is -3.56. The lowest BCUT2D eigenvalue weighted by molar-refractivity contribution is -0.123. The first-order valence-corrected chi connectivity index (χ1v) is 7.35. The van der Waals surface area contributed by atoms with Crippen LogP contribution in [0.4, 0.5) is 8.78 Å². The Balaban J connectivity index is 2.09. The Bertz CT molecular complexity index is 534. The molecule has 0 aromatic carbocycles. The number of likely N-dealkylation sites (tertiary alicyclic amines) is 1. The van der Waals surface area contributed by atoms with Crippen LogP contribution >= 0.6 is 11.8 Å². The Morgan fingerprint density at radius 3 is 2.62 bits per heavy atom. The molecule has 1 aromatic rings. The molecule has 2 rings (SSSR count). The van der Waals surface area contributed by atoms with Gasteiger partial charge in [-0.2, -0.15) is 8.78 Å². The van der Waals surface area contributed by atoms with Gasteiger partial charge in [0.1, 0.15) is 5.03 Å². The van der Waals surface area contributed by atoms with Crippen LogP contribution in [0.25, 0.3) is 0 Å². The first kappa shape index (κ1) is 15.7. The Morgan fingerprint density at radius 2 is 2.05 bits per heavy atom. The maximum Gasteiger partial charge on any atom is 0.290 e. The van der Waals surface area contributed by atoms with Crippen molar-refractivity contribution in [3.05, 3.63) is 23.9 Å². The Labute approximate surface area is 124 Å². The summed E-state index contributed by atoms with van der Waals surface area (Å²) >= 11 is 0.257. The summed E-state index contributed by atoms with van der Waals surface area (Å²) in [5, 5.41) is 0.0227. The molecule has 0 radical (unpaired) electrons. The van der Waals surface area contributed by atoms with Gasteiger partial charge >= 0.3 is 0 Å². The number of aromatic nitrogens is 1. The number of halogens is 2. The highest BCUT2D eigenvalue weighted by molar-refractivity contribution is 7.99. The third-order valence-corrected chi connectivity index (χ3v) is 4.11. The van der Waals surface area contributed by atoms with Gasteiger partial charge in [-0.05, 0) is 36.7 Å². The van der Waals surface area contributed by atoms with Crippen LogP contribution in [0.3, 0.4) is 0 Å². The van der Waals surface area contributed by atoms with Gasteiger partial charge in [0.25, 0.3) is 11.7 Å². The topological polar surface area (TPSA) is 76.3 Å². The number of carbonyl (C=O) groups is 2. The molecule has 2 amide bonds. The molecule has 0 bridgehead atoms. The largest absolute Gasteiger partial charge is 0.369 e. The number of hydrogen-bond donors (Lipinski definition) is 1. The van der Waals surface area contributed by atoms with Crippen molar-refractivity contribution in [3.63, 3.8) is 0 Å². The fourth-order valence-corrected chi connectivity index (χ4v) is 2.84. The minimum atomic E-state index is -2.63. The fourth-order valence-electron chi connectivity index (χ4n) is 2.27. The third-order valence-electron chi connectivity index (χ3n) is 3.39. The van der Waals surface area contributed by atoms with E-state index in [4.69, 9.17) is 5.73 Å². The second-order valence-corrected chi connectivity index (χ2v) is 5.68. The van der Waals surface area contributed by atoms with Crippen molar-refractivity contribution in [2.75, 3.05) is 13.1 Å². The van der Waals surface area contributed by atoms with Gasteiger partial charge in [0.05, 0.1) is 5.56 Å². The third kappa shape index (κ3) is 3.90. The van der Waals surface area contributed by atoms with E-state index in [1.807, 2.05) is 0 Å². The normalized spacial score (nSPS) is 16.2. The van der Waals surface area contributed by atoms with Crippen LogP contribution in [0.15, 0.2) is 23.4 Å². The molecule has 5 nitrogen and oxygen atoms in total. The molecule has 0 saturated carbocycles. The zero-order valence-electron chi connectivity index (χ0n) is 11.2. The van der Waals surface area contributed by atoms with Crippen molar-refractivity contribution >= 4 is 23.6 Å². The molecule has 0 aliphatic carbocycles. The van der Waals surface area contributed by atoms with Crippen molar-refractivity contribution in [2.45, 2.75) is 23.6 Å². The number of amides is 2. The van der Waals surface area contributed by atoms with E-state index in [1.54, 1.807) is 11.0 Å². The van der Waals surface area contributed by atoms with E-state index in [1.165, 1.54) is 12.3 Å². The monoisotopic (exact) mass is 315 g/mol. The molecule has 0 unspecified atom stereocenters. The second kappa shape index (κ2) is 6.84. The Kier molecular flexibility index (Phi) is 5.11. The first-order chi connectivity index (χ1) is 9.99. The highest BCUT2D eigenvalue weighted by Gasteiger charge is 2.28. The van der Waals surface area contributed by atoms with Crippen LogP contribution in [-0.2, 0) is 4.79 Å². The van der Waals surface area contributed by atoms with Crippen LogP contribution in [0.1, 0.15) is 23.2 Å². The summed E-state index contributed by atoms with van der Waals surface area (Å²) in [6, 6.07) is 3.03. The van der Waals surface area contributed by atoms with Crippen molar-refractivity contribution in [3.8, 4) is 0 Å². The van der Waals surface area contributed by atoms with Gasteiger partial charge in [-0.25, -0.2) is 4.98 Å². The molecular weight excluding hydrogens is 300 g/mol. The van der Waals surface area contributed by atoms with E-state index < -0.39 is 5.76 Å². The molecule has 1 aliphatic heterocycles. The van der Waals surface area contributed by atoms with Gasteiger partial charge in [-0.1, -0.05) is 0 Å². The molecule has 1 fully saturated rings. The lowest BCUT2D eigenvalue weighted by Crippen LogP contribution is -2.41. The fraction of sp³-hybridized carbons (Fsp3) is 0.462. The molecule has 114 valence electrons. The van der Waals surface area contributed by atoms with E-state index in [0.717, 1.165) is 0 Å². The van der Waals surface area contributed by atoms with Crippen molar-refractivity contribution < 1.29 is 18.4 Å².